The van der Waals surface area contributed by atoms with E-state index in [-0.39, 0.29) is 0 Å². The van der Waals surface area contributed by atoms with Crippen molar-refractivity contribution in [1.82, 2.24) is 4.98 Å². The predicted octanol–water partition coefficient (Wildman–Crippen LogP) is 6.48. The van der Waals surface area contributed by atoms with E-state index in [1.165, 1.54) is 4.90 Å². The minimum Gasteiger partial charge on any atom is -0.493 e. The van der Waals surface area contributed by atoms with Crippen LogP contribution in [0.5, 0.6) is 23.0 Å². The molecule has 0 atom stereocenters. The lowest BCUT2D eigenvalue weighted by molar-refractivity contribution is 0.204. The van der Waals surface area contributed by atoms with Gasteiger partial charge in [0.05, 0.1) is 31.1 Å². The third kappa shape index (κ3) is 4.25. The van der Waals surface area contributed by atoms with Gasteiger partial charge in [-0.3, -0.25) is 4.98 Å². The summed E-state index contributed by atoms with van der Waals surface area (Å²) in [6.07, 6.45) is 0.604. The molecule has 0 saturated heterocycles. The van der Waals surface area contributed by atoms with E-state index in [2.05, 4.69) is 4.98 Å². The molecule has 0 aliphatic rings. The van der Waals surface area contributed by atoms with E-state index >= 15 is 0 Å². The van der Waals surface area contributed by atoms with Gasteiger partial charge in [-0.1, -0.05) is 18.2 Å². The van der Waals surface area contributed by atoms with Crippen LogP contribution in [0.25, 0.3) is 10.9 Å². The number of aromatic nitrogens is 1. The van der Waals surface area contributed by atoms with Crippen LogP contribution in [0.4, 0.5) is 16.2 Å². The van der Waals surface area contributed by atoms with Crippen molar-refractivity contribution < 1.29 is 24.1 Å². The first-order valence-corrected chi connectivity index (χ1v) is 10.3. The van der Waals surface area contributed by atoms with Crippen molar-refractivity contribution in [3.8, 4) is 23.0 Å². The Morgan fingerprint density at radius 3 is 2.12 bits per heavy atom. The van der Waals surface area contributed by atoms with Crippen molar-refractivity contribution in [2.45, 2.75) is 13.8 Å². The van der Waals surface area contributed by atoms with E-state index in [0.717, 1.165) is 16.5 Å². The molecule has 0 radical (unpaired) electrons. The van der Waals surface area contributed by atoms with Crippen molar-refractivity contribution in [2.24, 2.45) is 0 Å². The summed E-state index contributed by atoms with van der Waals surface area (Å²) in [5, 5.41) is 10.7. The van der Waals surface area contributed by atoms with Gasteiger partial charge in [-0.05, 0) is 61.4 Å². The molecule has 3 aromatic carbocycles. The lowest BCUT2D eigenvalue weighted by atomic mass is 10.1. The van der Waals surface area contributed by atoms with Crippen LogP contribution in [-0.2, 0) is 0 Å². The maximum Gasteiger partial charge on any atom is 0.416 e. The summed E-state index contributed by atoms with van der Waals surface area (Å²) in [5.41, 5.74) is 3.64. The molecule has 0 unspecified atom stereocenters. The average Bonchev–Trinajstić information content (AvgIpc) is 2.81. The summed E-state index contributed by atoms with van der Waals surface area (Å²) in [5.74, 6) is 2.31. The number of aryl methyl sites for hydroxylation is 2. The summed E-state index contributed by atoms with van der Waals surface area (Å²) in [7, 11) is 3.15. The molecule has 0 fully saturated rings. The minimum atomic E-state index is -1.05. The smallest absolute Gasteiger partial charge is 0.416 e. The molecule has 0 aliphatic heterocycles. The number of fused-ring (bicyclic) bond motifs is 1. The van der Waals surface area contributed by atoms with E-state index in [4.69, 9.17) is 14.2 Å². The zero-order chi connectivity index (χ0) is 23.5. The number of hydrogen-bond donors (Lipinski definition) is 1. The van der Waals surface area contributed by atoms with Crippen LogP contribution in [0.2, 0.25) is 0 Å². The standard InChI is InChI=1S/C26H24N2O5/c1-16-6-5-7-17(2)25(16)28(26(29)30)18-8-10-19(11-9-18)33-22-12-13-27-21-15-24(32-4)23(31-3)14-20(21)22/h5-15H,1-4H3,(H,29,30). The highest BCUT2D eigenvalue weighted by Crippen LogP contribution is 2.38. The minimum absolute atomic E-state index is 0.526. The second-order valence-electron chi connectivity index (χ2n) is 7.49. The number of para-hydroxylation sites is 1. The largest absolute Gasteiger partial charge is 0.493 e. The Labute approximate surface area is 191 Å². The van der Waals surface area contributed by atoms with E-state index in [1.807, 2.05) is 38.1 Å². The lowest BCUT2D eigenvalue weighted by Gasteiger charge is -2.23. The molecule has 0 spiro atoms. The highest BCUT2D eigenvalue weighted by atomic mass is 16.5. The highest BCUT2D eigenvalue weighted by Gasteiger charge is 2.21. The molecular formula is C26H24N2O5. The van der Waals surface area contributed by atoms with Crippen LogP contribution < -0.4 is 19.1 Å². The van der Waals surface area contributed by atoms with Gasteiger partial charge >= 0.3 is 6.09 Å². The molecule has 0 saturated carbocycles. The first-order valence-electron chi connectivity index (χ1n) is 10.3. The van der Waals surface area contributed by atoms with Crippen molar-refractivity contribution in [3.63, 3.8) is 0 Å². The fourth-order valence-corrected chi connectivity index (χ4v) is 3.82. The number of rotatable bonds is 6. The molecule has 7 heteroatoms. The Hall–Kier alpha value is -4.26. The Balaban J connectivity index is 1.68. The number of methoxy groups -OCH3 is 2. The maximum absolute atomic E-state index is 12.1. The third-order valence-electron chi connectivity index (χ3n) is 5.38. The van der Waals surface area contributed by atoms with Gasteiger partial charge < -0.3 is 19.3 Å². The number of carbonyl (C=O) groups is 1. The fourth-order valence-electron chi connectivity index (χ4n) is 3.82. The number of hydrogen-bond acceptors (Lipinski definition) is 5. The Bertz CT molecular complexity index is 1300. The zero-order valence-corrected chi connectivity index (χ0v) is 18.8. The molecule has 1 amide bonds. The van der Waals surface area contributed by atoms with Crippen LogP contribution in [0.15, 0.2) is 66.9 Å². The molecule has 0 bridgehead atoms. The number of anilines is 2. The summed E-state index contributed by atoms with van der Waals surface area (Å²) in [4.78, 5) is 17.8. The van der Waals surface area contributed by atoms with E-state index in [9.17, 15) is 9.90 Å². The molecule has 0 aliphatic carbocycles. The summed E-state index contributed by atoms with van der Waals surface area (Å²) in [6, 6.07) is 18.0. The van der Waals surface area contributed by atoms with Crippen molar-refractivity contribution in [3.05, 3.63) is 78.0 Å². The van der Waals surface area contributed by atoms with Crippen molar-refractivity contribution >= 4 is 28.4 Å². The van der Waals surface area contributed by atoms with Crippen LogP contribution in [0.1, 0.15) is 11.1 Å². The molecule has 1 heterocycles. The van der Waals surface area contributed by atoms with Gasteiger partial charge in [0.2, 0.25) is 0 Å². The first kappa shape index (κ1) is 22.0. The van der Waals surface area contributed by atoms with E-state index in [0.29, 0.717) is 39.9 Å². The van der Waals surface area contributed by atoms with Gasteiger partial charge in [0.25, 0.3) is 0 Å². The van der Waals surface area contributed by atoms with Crippen LogP contribution in [0, 0.1) is 13.8 Å². The van der Waals surface area contributed by atoms with E-state index in [1.54, 1.807) is 56.8 Å². The Morgan fingerprint density at radius 1 is 0.879 bits per heavy atom. The molecule has 1 N–H and O–H groups in total. The molecule has 1 aromatic heterocycles. The topological polar surface area (TPSA) is 81.1 Å². The summed E-state index contributed by atoms with van der Waals surface area (Å²) < 4.78 is 16.9. The SMILES string of the molecule is COc1cc2nccc(Oc3ccc(N(C(=O)O)c4c(C)cccc4C)cc3)c2cc1OC. The highest BCUT2D eigenvalue weighted by molar-refractivity contribution is 5.96. The normalized spacial score (nSPS) is 10.7. The van der Waals surface area contributed by atoms with Crippen LogP contribution in [0.3, 0.4) is 0 Å². The molecule has 7 nitrogen and oxygen atoms in total. The van der Waals surface area contributed by atoms with Crippen LogP contribution in [-0.4, -0.2) is 30.4 Å². The fraction of sp³-hybridized carbons (Fsp3) is 0.154. The maximum atomic E-state index is 12.1. The predicted molar refractivity (Wildman–Crippen MR) is 127 cm³/mol. The number of carboxylic acid groups (broad SMARTS) is 1. The number of nitrogens with zero attached hydrogens (tertiary/aromatic N) is 2. The first-order chi connectivity index (χ1) is 15.9. The van der Waals surface area contributed by atoms with Gasteiger partial charge in [-0.25, -0.2) is 9.69 Å². The molecule has 4 aromatic rings. The van der Waals surface area contributed by atoms with Gasteiger partial charge in [0.15, 0.2) is 11.5 Å². The molecular weight excluding hydrogens is 420 g/mol. The average molecular weight is 444 g/mol. The van der Waals surface area contributed by atoms with Gasteiger partial charge in [0.1, 0.15) is 11.5 Å². The van der Waals surface area contributed by atoms with Crippen LogP contribution >= 0.6 is 0 Å². The van der Waals surface area contributed by atoms with Gasteiger partial charge in [-0.15, -0.1) is 0 Å². The quantitative estimate of drug-likeness (QED) is 0.367. The lowest BCUT2D eigenvalue weighted by Crippen LogP contribution is -2.25. The van der Waals surface area contributed by atoms with Crippen molar-refractivity contribution in [2.75, 3.05) is 19.1 Å². The van der Waals surface area contributed by atoms with Gasteiger partial charge in [0, 0.05) is 17.6 Å². The second kappa shape index (κ2) is 9.08. The van der Waals surface area contributed by atoms with Crippen molar-refractivity contribution in [1.29, 1.82) is 0 Å². The third-order valence-corrected chi connectivity index (χ3v) is 5.38. The summed E-state index contributed by atoms with van der Waals surface area (Å²) in [6.45, 7) is 3.79. The number of benzene rings is 3. The van der Waals surface area contributed by atoms with Gasteiger partial charge in [-0.2, -0.15) is 0 Å². The zero-order valence-electron chi connectivity index (χ0n) is 18.8. The monoisotopic (exact) mass is 444 g/mol. The Morgan fingerprint density at radius 2 is 1.52 bits per heavy atom. The molecule has 33 heavy (non-hydrogen) atoms. The second-order valence-corrected chi connectivity index (χ2v) is 7.49. The Kier molecular flexibility index (Phi) is 6.04. The number of pyridine rings is 1. The molecule has 4 rings (SSSR count). The van der Waals surface area contributed by atoms with E-state index < -0.39 is 6.09 Å². The molecule has 168 valence electrons. The number of ether oxygens (including phenoxy) is 3. The number of amides is 1. The summed E-state index contributed by atoms with van der Waals surface area (Å²) >= 11 is 0.